The fraction of sp³-hybridized carbons (Fsp3) is 0.238. The molecule has 1 aliphatic heterocycles. The van der Waals surface area contributed by atoms with E-state index in [1.165, 1.54) is 17.7 Å². The number of para-hydroxylation sites is 1. The Hall–Kier alpha value is -3.75. The van der Waals surface area contributed by atoms with Gasteiger partial charge in [0.25, 0.3) is 0 Å². The number of nitrogens with zero attached hydrogens (tertiary/aromatic N) is 4. The Bertz CT molecular complexity index is 1200. The van der Waals surface area contributed by atoms with Crippen LogP contribution in [-0.4, -0.2) is 57.6 Å². The number of hydrogen-bond donors (Lipinski definition) is 1. The first-order valence-electron chi connectivity index (χ1n) is 9.42. The lowest BCUT2D eigenvalue weighted by Crippen LogP contribution is -2.48. The zero-order valence-electron chi connectivity index (χ0n) is 16.2. The topological polar surface area (TPSA) is 95.7 Å². The SMILES string of the molecule is CC(=O)N1CCN(c2nc3c(cc2F)c(=O)c(C(=O)O)cn3-c2ccccc2)CC1. The Kier molecular flexibility index (Phi) is 4.94. The first-order valence-corrected chi connectivity index (χ1v) is 9.42. The summed E-state index contributed by atoms with van der Waals surface area (Å²) in [6, 6.07) is 9.87. The van der Waals surface area contributed by atoms with Crippen molar-refractivity contribution in [3.8, 4) is 5.69 Å². The molecule has 4 rings (SSSR count). The number of aromatic nitrogens is 2. The molecule has 30 heavy (non-hydrogen) atoms. The molecule has 1 aliphatic rings. The van der Waals surface area contributed by atoms with Gasteiger partial charge in [0.2, 0.25) is 11.3 Å². The first kappa shape index (κ1) is 19.6. The quantitative estimate of drug-likeness (QED) is 0.709. The second-order valence-corrected chi connectivity index (χ2v) is 7.04. The molecule has 0 bridgehead atoms. The average molecular weight is 410 g/mol. The fourth-order valence-corrected chi connectivity index (χ4v) is 3.61. The summed E-state index contributed by atoms with van der Waals surface area (Å²) in [5.41, 5.74) is -0.488. The van der Waals surface area contributed by atoms with Crippen LogP contribution in [0.25, 0.3) is 16.7 Å². The smallest absolute Gasteiger partial charge is 0.341 e. The van der Waals surface area contributed by atoms with Crippen molar-refractivity contribution < 1.29 is 19.1 Å². The van der Waals surface area contributed by atoms with Crippen molar-refractivity contribution in [3.63, 3.8) is 0 Å². The molecule has 0 unspecified atom stereocenters. The van der Waals surface area contributed by atoms with Crippen LogP contribution in [0.4, 0.5) is 10.2 Å². The van der Waals surface area contributed by atoms with E-state index in [0.29, 0.717) is 31.9 Å². The largest absolute Gasteiger partial charge is 0.477 e. The zero-order chi connectivity index (χ0) is 21.4. The van der Waals surface area contributed by atoms with Crippen molar-refractivity contribution in [1.29, 1.82) is 0 Å². The minimum atomic E-state index is -1.39. The van der Waals surface area contributed by atoms with Crippen molar-refractivity contribution in [2.24, 2.45) is 0 Å². The molecule has 154 valence electrons. The van der Waals surface area contributed by atoms with Gasteiger partial charge in [-0.05, 0) is 18.2 Å². The molecule has 1 aromatic carbocycles. The van der Waals surface area contributed by atoms with Gasteiger partial charge in [0.15, 0.2) is 17.3 Å². The number of pyridine rings is 2. The number of amides is 1. The molecule has 0 aliphatic carbocycles. The summed E-state index contributed by atoms with van der Waals surface area (Å²) in [6.07, 6.45) is 1.21. The van der Waals surface area contributed by atoms with E-state index in [-0.39, 0.29) is 22.8 Å². The van der Waals surface area contributed by atoms with Crippen LogP contribution in [-0.2, 0) is 4.79 Å². The summed E-state index contributed by atoms with van der Waals surface area (Å²) in [7, 11) is 0. The molecule has 1 fully saturated rings. The predicted octanol–water partition coefficient (Wildman–Crippen LogP) is 1.89. The van der Waals surface area contributed by atoms with E-state index in [4.69, 9.17) is 0 Å². The monoisotopic (exact) mass is 410 g/mol. The zero-order valence-corrected chi connectivity index (χ0v) is 16.2. The molecule has 0 saturated carbocycles. The molecule has 3 heterocycles. The van der Waals surface area contributed by atoms with Crippen molar-refractivity contribution in [3.05, 3.63) is 64.2 Å². The maximum Gasteiger partial charge on any atom is 0.341 e. The maximum atomic E-state index is 14.9. The summed E-state index contributed by atoms with van der Waals surface area (Å²) in [5.74, 6) is -2.08. The normalized spacial score (nSPS) is 14.2. The molecule has 1 amide bonds. The third-order valence-corrected chi connectivity index (χ3v) is 5.20. The number of fused-ring (bicyclic) bond motifs is 1. The van der Waals surface area contributed by atoms with Gasteiger partial charge < -0.3 is 19.5 Å². The number of carboxylic acid groups (broad SMARTS) is 1. The van der Waals surface area contributed by atoms with Gasteiger partial charge in [0.05, 0.1) is 5.39 Å². The van der Waals surface area contributed by atoms with Crippen LogP contribution in [0.2, 0.25) is 0 Å². The third kappa shape index (κ3) is 3.38. The van der Waals surface area contributed by atoms with E-state index in [1.807, 2.05) is 0 Å². The van der Waals surface area contributed by atoms with E-state index in [9.17, 15) is 23.9 Å². The Morgan fingerprint density at radius 2 is 1.77 bits per heavy atom. The summed E-state index contributed by atoms with van der Waals surface area (Å²) in [4.78, 5) is 43.6. The maximum absolute atomic E-state index is 14.9. The van der Waals surface area contributed by atoms with Crippen LogP contribution in [0.1, 0.15) is 17.3 Å². The van der Waals surface area contributed by atoms with Gasteiger partial charge in [-0.1, -0.05) is 18.2 Å². The number of rotatable bonds is 3. The summed E-state index contributed by atoms with van der Waals surface area (Å²) in [6.45, 7) is 3.18. The standard InChI is InChI=1S/C21H19FN4O4/c1-13(27)24-7-9-25(10-8-24)20-17(22)11-15-18(28)16(21(29)30)12-26(19(15)23-20)14-5-3-2-4-6-14/h2-6,11-12H,7-10H2,1H3,(H,29,30). The number of hydrogen-bond acceptors (Lipinski definition) is 5. The van der Waals surface area contributed by atoms with Crippen LogP contribution >= 0.6 is 0 Å². The number of piperazine rings is 1. The van der Waals surface area contributed by atoms with Gasteiger partial charge in [-0.2, -0.15) is 0 Å². The molecule has 0 atom stereocenters. The lowest BCUT2D eigenvalue weighted by Gasteiger charge is -2.35. The van der Waals surface area contributed by atoms with Gasteiger partial charge >= 0.3 is 5.97 Å². The Morgan fingerprint density at radius 1 is 1.10 bits per heavy atom. The molecular formula is C21H19FN4O4. The number of anilines is 1. The second kappa shape index (κ2) is 7.58. The van der Waals surface area contributed by atoms with Gasteiger partial charge in [-0.3, -0.25) is 9.59 Å². The van der Waals surface area contributed by atoms with Crippen molar-refractivity contribution in [1.82, 2.24) is 14.5 Å². The fourth-order valence-electron chi connectivity index (χ4n) is 3.61. The van der Waals surface area contributed by atoms with Crippen LogP contribution < -0.4 is 10.3 Å². The van der Waals surface area contributed by atoms with Crippen LogP contribution in [0, 0.1) is 5.82 Å². The average Bonchev–Trinajstić information content (AvgIpc) is 2.74. The Labute approximate surface area is 170 Å². The van der Waals surface area contributed by atoms with E-state index in [0.717, 1.165) is 6.07 Å². The molecule has 8 nitrogen and oxygen atoms in total. The molecule has 0 spiro atoms. The molecule has 1 saturated heterocycles. The summed E-state index contributed by atoms with van der Waals surface area (Å²) >= 11 is 0. The van der Waals surface area contributed by atoms with Gasteiger partial charge in [0, 0.05) is 45.0 Å². The highest BCUT2D eigenvalue weighted by molar-refractivity contribution is 5.92. The van der Waals surface area contributed by atoms with Crippen molar-refractivity contribution in [2.45, 2.75) is 6.92 Å². The van der Waals surface area contributed by atoms with Crippen LogP contribution in [0.5, 0.6) is 0 Å². The first-order chi connectivity index (χ1) is 14.4. The van der Waals surface area contributed by atoms with Crippen LogP contribution in [0.3, 0.4) is 0 Å². The number of halogens is 1. The Balaban J connectivity index is 1.89. The highest BCUT2D eigenvalue weighted by Crippen LogP contribution is 2.24. The van der Waals surface area contributed by atoms with Gasteiger partial charge in [-0.25, -0.2) is 14.2 Å². The minimum Gasteiger partial charge on any atom is -0.477 e. The number of benzene rings is 1. The number of carboxylic acids is 1. The molecule has 3 aromatic rings. The van der Waals surface area contributed by atoms with Gasteiger partial charge in [-0.15, -0.1) is 0 Å². The highest BCUT2D eigenvalue weighted by Gasteiger charge is 2.24. The molecule has 9 heteroatoms. The lowest BCUT2D eigenvalue weighted by molar-refractivity contribution is -0.129. The lowest BCUT2D eigenvalue weighted by atomic mass is 10.1. The van der Waals surface area contributed by atoms with E-state index >= 15 is 0 Å². The summed E-state index contributed by atoms with van der Waals surface area (Å²) in [5, 5.41) is 9.32. The number of carbonyl (C=O) groups is 2. The number of carbonyl (C=O) groups excluding carboxylic acids is 1. The predicted molar refractivity (Wildman–Crippen MR) is 109 cm³/mol. The molecular weight excluding hydrogens is 391 g/mol. The summed E-state index contributed by atoms with van der Waals surface area (Å²) < 4.78 is 16.4. The molecule has 2 aromatic heterocycles. The van der Waals surface area contributed by atoms with Crippen LogP contribution in [0.15, 0.2) is 47.4 Å². The third-order valence-electron chi connectivity index (χ3n) is 5.20. The molecule has 0 radical (unpaired) electrons. The van der Waals surface area contributed by atoms with Crippen molar-refractivity contribution in [2.75, 3.05) is 31.1 Å². The van der Waals surface area contributed by atoms with E-state index in [2.05, 4.69) is 4.98 Å². The Morgan fingerprint density at radius 3 is 2.37 bits per heavy atom. The van der Waals surface area contributed by atoms with Gasteiger partial charge in [0.1, 0.15) is 5.56 Å². The van der Waals surface area contributed by atoms with E-state index < -0.39 is 22.8 Å². The van der Waals surface area contributed by atoms with E-state index in [1.54, 1.807) is 40.1 Å². The highest BCUT2D eigenvalue weighted by atomic mass is 19.1. The second-order valence-electron chi connectivity index (χ2n) is 7.04. The number of aromatic carboxylic acids is 1. The van der Waals surface area contributed by atoms with Crippen molar-refractivity contribution >= 4 is 28.7 Å². The molecule has 1 N–H and O–H groups in total. The minimum absolute atomic E-state index is 0.0410.